The van der Waals surface area contributed by atoms with E-state index in [-0.39, 0.29) is 17.2 Å². The SMILES string of the molecule is [2H]c1c([2H])c(-c2c([2H])c([2H])c(N(c3ccccc3)c3ccc4c(c3)c3ccccc3n4-c3ccc(F)cc3)c([2H])c2[2H])c([2H])c([2H])c1-c1c([2H])c([2H])c(N(c2ccccc2)c2ccccc2)c([2H])c1[2H]. The maximum atomic E-state index is 14.1. The maximum absolute atomic E-state index is 14.1. The van der Waals surface area contributed by atoms with E-state index in [0.717, 1.165) is 27.5 Å². The van der Waals surface area contributed by atoms with Gasteiger partial charge in [-0.15, -0.1) is 0 Å². The van der Waals surface area contributed by atoms with Crippen LogP contribution >= 0.6 is 0 Å². The molecule has 276 valence electrons. The monoisotopic (exact) mass is 759 g/mol. The number of para-hydroxylation sites is 4. The molecule has 0 aliphatic carbocycles. The predicted molar refractivity (Wildman–Crippen MR) is 241 cm³/mol. The molecule has 0 bridgehead atoms. The Kier molecular flexibility index (Phi) is 6.26. The Morgan fingerprint density at radius 3 is 1.22 bits per heavy atom. The zero-order chi connectivity index (χ0) is 49.3. The van der Waals surface area contributed by atoms with Crippen molar-refractivity contribution >= 4 is 55.9 Å². The fourth-order valence-electron chi connectivity index (χ4n) is 7.16. The van der Waals surface area contributed by atoms with Gasteiger partial charge in [-0.1, -0.05) is 121 Å². The number of halogens is 1. The number of nitrogens with zero attached hydrogens (tertiary/aromatic N) is 3. The molecule has 10 rings (SSSR count). The van der Waals surface area contributed by atoms with E-state index in [9.17, 15) is 20.8 Å². The summed E-state index contributed by atoms with van der Waals surface area (Å²) in [5.74, 6) is -0.375. The summed E-state index contributed by atoms with van der Waals surface area (Å²) in [5.41, 5.74) is 2.14. The van der Waals surface area contributed by atoms with E-state index < -0.39 is 94.8 Å². The average Bonchev–Trinajstić information content (AvgIpc) is 3.71. The molecule has 0 amide bonds. The minimum Gasteiger partial charge on any atom is -0.311 e. The van der Waals surface area contributed by atoms with Crippen molar-refractivity contribution < 1.29 is 20.8 Å². The Morgan fingerprint density at radius 1 is 0.345 bits per heavy atom. The van der Waals surface area contributed by atoms with Crippen LogP contribution in [-0.4, -0.2) is 4.57 Å². The summed E-state index contributed by atoms with van der Waals surface area (Å²) in [7, 11) is 0. The number of aromatic nitrogens is 1. The summed E-state index contributed by atoms with van der Waals surface area (Å²) < 4.78 is 128. The summed E-state index contributed by atoms with van der Waals surface area (Å²) in [4.78, 5) is 3.16. The van der Waals surface area contributed by atoms with Crippen molar-refractivity contribution in [1.29, 1.82) is 0 Å². The molecule has 0 fully saturated rings. The van der Waals surface area contributed by atoms with Gasteiger partial charge < -0.3 is 14.4 Å². The van der Waals surface area contributed by atoms with Crippen LogP contribution in [0.25, 0.3) is 49.7 Å². The van der Waals surface area contributed by atoms with Crippen molar-refractivity contribution in [1.82, 2.24) is 4.57 Å². The molecule has 0 radical (unpaired) electrons. The lowest BCUT2D eigenvalue weighted by Crippen LogP contribution is -2.09. The van der Waals surface area contributed by atoms with Crippen LogP contribution in [0.2, 0.25) is 0 Å². The summed E-state index contributed by atoms with van der Waals surface area (Å²) in [6.07, 6.45) is 0. The lowest BCUT2D eigenvalue weighted by Gasteiger charge is -2.26. The topological polar surface area (TPSA) is 11.4 Å². The maximum Gasteiger partial charge on any atom is 0.123 e. The van der Waals surface area contributed by atoms with E-state index in [4.69, 9.17) is 0 Å². The molecule has 0 aliphatic rings. The zero-order valence-corrected chi connectivity index (χ0v) is 30.7. The molecule has 1 aromatic heterocycles. The van der Waals surface area contributed by atoms with Crippen LogP contribution in [0.4, 0.5) is 38.5 Å². The van der Waals surface area contributed by atoms with E-state index in [1.807, 2.05) is 41.0 Å². The van der Waals surface area contributed by atoms with Crippen molar-refractivity contribution in [2.45, 2.75) is 0 Å². The van der Waals surface area contributed by atoms with Crippen LogP contribution in [0.1, 0.15) is 16.4 Å². The second-order valence-electron chi connectivity index (χ2n) is 13.4. The van der Waals surface area contributed by atoms with Gasteiger partial charge >= 0.3 is 0 Å². The molecular weight excluding hydrogens is 710 g/mol. The third-order valence-corrected chi connectivity index (χ3v) is 9.84. The summed E-state index contributed by atoms with van der Waals surface area (Å²) in [6, 6.07) is 38.3. The molecule has 0 spiro atoms. The van der Waals surface area contributed by atoms with Gasteiger partial charge in [-0.25, -0.2) is 4.39 Å². The van der Waals surface area contributed by atoms with Crippen LogP contribution in [0.3, 0.4) is 0 Å². The lowest BCUT2D eigenvalue weighted by molar-refractivity contribution is 0.627. The summed E-state index contributed by atoms with van der Waals surface area (Å²) in [6.45, 7) is 0. The van der Waals surface area contributed by atoms with E-state index in [1.165, 1.54) is 12.1 Å². The highest BCUT2D eigenvalue weighted by molar-refractivity contribution is 6.10. The van der Waals surface area contributed by atoms with Gasteiger partial charge in [0.15, 0.2) is 0 Å². The highest BCUT2D eigenvalue weighted by Gasteiger charge is 2.18. The van der Waals surface area contributed by atoms with Gasteiger partial charge in [-0.05, 0) is 131 Å². The Morgan fingerprint density at radius 2 is 0.741 bits per heavy atom. The van der Waals surface area contributed by atoms with Gasteiger partial charge in [0, 0.05) is 50.6 Å². The largest absolute Gasteiger partial charge is 0.311 e. The fraction of sp³-hybridized carbons (Fsp3) is 0. The molecule has 0 saturated heterocycles. The molecule has 9 aromatic carbocycles. The zero-order valence-electron chi connectivity index (χ0n) is 42.7. The number of hydrogen-bond acceptors (Lipinski definition) is 2. The summed E-state index contributed by atoms with van der Waals surface area (Å²) in [5, 5.41) is 1.65. The first-order valence-electron chi connectivity index (χ1n) is 24.6. The molecule has 0 N–H and O–H groups in total. The van der Waals surface area contributed by atoms with Crippen LogP contribution in [0.15, 0.2) is 230 Å². The molecule has 1 heterocycles. The van der Waals surface area contributed by atoms with Gasteiger partial charge in [0.05, 0.1) is 27.5 Å². The highest BCUT2D eigenvalue weighted by Crippen LogP contribution is 2.41. The van der Waals surface area contributed by atoms with Gasteiger partial charge in [-0.2, -0.15) is 0 Å². The van der Waals surface area contributed by atoms with E-state index >= 15 is 0 Å². The lowest BCUT2D eigenvalue weighted by atomic mass is 9.99. The number of fused-ring (bicyclic) bond motifs is 3. The second kappa shape index (κ2) is 15.1. The molecule has 0 saturated carbocycles. The first-order valence-corrected chi connectivity index (χ1v) is 18.6. The van der Waals surface area contributed by atoms with Crippen molar-refractivity contribution in [3.63, 3.8) is 0 Å². The minimum atomic E-state index is -0.761. The second-order valence-corrected chi connectivity index (χ2v) is 13.4. The smallest absolute Gasteiger partial charge is 0.123 e. The number of benzene rings is 9. The Labute approximate surface area is 354 Å². The third-order valence-electron chi connectivity index (χ3n) is 9.84. The fourth-order valence-corrected chi connectivity index (χ4v) is 7.16. The van der Waals surface area contributed by atoms with Crippen LogP contribution in [-0.2, 0) is 0 Å². The molecule has 10 aromatic rings. The Hall–Kier alpha value is -7.69. The van der Waals surface area contributed by atoms with Crippen LogP contribution in [0.5, 0.6) is 0 Å². The van der Waals surface area contributed by atoms with Crippen LogP contribution < -0.4 is 9.80 Å². The minimum absolute atomic E-state index is 0.104. The predicted octanol–water partition coefficient (Wildman–Crippen LogP) is 15.2. The van der Waals surface area contributed by atoms with Crippen molar-refractivity contribution in [2.75, 3.05) is 9.80 Å². The Balaban J connectivity index is 1.13. The van der Waals surface area contributed by atoms with E-state index in [0.29, 0.717) is 22.7 Å². The van der Waals surface area contributed by atoms with Gasteiger partial charge in [0.1, 0.15) is 5.82 Å². The van der Waals surface area contributed by atoms with Gasteiger partial charge in [0.2, 0.25) is 0 Å². The molecule has 58 heavy (non-hydrogen) atoms. The first-order chi connectivity index (χ1) is 33.7. The number of anilines is 6. The normalized spacial score (nSPS) is 14.1. The highest BCUT2D eigenvalue weighted by atomic mass is 19.1. The average molecular weight is 760 g/mol. The number of rotatable bonds is 9. The van der Waals surface area contributed by atoms with Crippen molar-refractivity contribution in [3.05, 3.63) is 236 Å². The first kappa shape index (κ1) is 24.1. The standard InChI is InChI=1S/C54H38FN3/c55-43-28-34-49(35-29-43)58-53-19-11-10-18-51(53)52-38-50(36-37-54(52)58)57(46-16-8-3-9-17-46)48-32-26-42(27-33-48)40-22-20-39(21-23-40)41-24-30-47(31-25-41)56(44-12-4-1-5-13-44)45-14-6-2-7-15-45/h1-38H/i20D,21D,22D,23D,24D,25D,26D,27D,30D,31D,32D,33D. The number of hydrogen-bond donors (Lipinski definition) is 0. The van der Waals surface area contributed by atoms with Gasteiger partial charge in [0.25, 0.3) is 0 Å². The van der Waals surface area contributed by atoms with E-state index in [2.05, 4.69) is 0 Å². The molecule has 0 aliphatic heterocycles. The quantitative estimate of drug-likeness (QED) is 0.145. The molecule has 3 nitrogen and oxygen atoms in total. The van der Waals surface area contributed by atoms with Crippen LogP contribution in [0, 0.1) is 5.82 Å². The molecule has 4 heteroatoms. The third kappa shape index (κ3) is 6.57. The summed E-state index contributed by atoms with van der Waals surface area (Å²) >= 11 is 0. The Bertz CT molecular complexity index is 3580. The molecule has 0 atom stereocenters. The van der Waals surface area contributed by atoms with E-state index in [1.54, 1.807) is 119 Å². The molecule has 0 unspecified atom stereocenters. The van der Waals surface area contributed by atoms with Crippen molar-refractivity contribution in [2.24, 2.45) is 0 Å². The van der Waals surface area contributed by atoms with Crippen molar-refractivity contribution in [3.8, 4) is 27.9 Å². The molecular formula is C54H38FN3. The van der Waals surface area contributed by atoms with Gasteiger partial charge in [-0.3, -0.25) is 0 Å².